The average molecular weight is 298 g/mol. The summed E-state index contributed by atoms with van der Waals surface area (Å²) in [4.78, 5) is 0. The molecule has 2 N–H and O–H groups in total. The van der Waals surface area contributed by atoms with Gasteiger partial charge in [-0.3, -0.25) is 4.68 Å². The van der Waals surface area contributed by atoms with E-state index in [4.69, 9.17) is 17.3 Å². The molecule has 0 saturated carbocycles. The van der Waals surface area contributed by atoms with Crippen molar-refractivity contribution in [2.24, 2.45) is 7.05 Å². The van der Waals surface area contributed by atoms with Gasteiger partial charge in [-0.2, -0.15) is 5.10 Å². The van der Waals surface area contributed by atoms with Gasteiger partial charge in [-0.05, 0) is 36.2 Å². The Morgan fingerprint density at radius 1 is 1.05 bits per heavy atom. The summed E-state index contributed by atoms with van der Waals surface area (Å²) in [6.45, 7) is 2.02. The molecule has 0 spiro atoms. The van der Waals surface area contributed by atoms with Crippen molar-refractivity contribution < 1.29 is 0 Å². The van der Waals surface area contributed by atoms with E-state index in [1.807, 2.05) is 56.4 Å². The van der Waals surface area contributed by atoms with Crippen molar-refractivity contribution in [2.45, 2.75) is 6.92 Å². The molecule has 3 aromatic rings. The zero-order valence-corrected chi connectivity index (χ0v) is 12.7. The van der Waals surface area contributed by atoms with Crippen LogP contribution < -0.4 is 5.73 Å². The first-order valence-corrected chi connectivity index (χ1v) is 7.09. The average Bonchev–Trinajstić information content (AvgIpc) is 2.75. The van der Waals surface area contributed by atoms with E-state index in [0.29, 0.717) is 10.8 Å². The number of nitrogen functional groups attached to an aromatic ring is 1. The number of nitrogens with zero attached hydrogens (tertiary/aromatic N) is 2. The van der Waals surface area contributed by atoms with Gasteiger partial charge in [-0.25, -0.2) is 0 Å². The highest BCUT2D eigenvalue weighted by atomic mass is 35.5. The zero-order chi connectivity index (χ0) is 15.0. The first-order chi connectivity index (χ1) is 10.1. The molecular weight excluding hydrogens is 282 g/mol. The normalized spacial score (nSPS) is 10.8. The van der Waals surface area contributed by atoms with Crippen molar-refractivity contribution in [3.05, 3.63) is 59.1 Å². The molecule has 0 aliphatic rings. The van der Waals surface area contributed by atoms with Crippen molar-refractivity contribution in [3.63, 3.8) is 0 Å². The lowest BCUT2D eigenvalue weighted by Crippen LogP contribution is -1.97. The van der Waals surface area contributed by atoms with Crippen molar-refractivity contribution in [1.82, 2.24) is 9.78 Å². The van der Waals surface area contributed by atoms with E-state index < -0.39 is 0 Å². The molecule has 3 rings (SSSR count). The molecule has 0 bridgehead atoms. The Hall–Kier alpha value is -2.26. The maximum atomic E-state index is 6.22. The largest absolute Gasteiger partial charge is 0.383 e. The van der Waals surface area contributed by atoms with Gasteiger partial charge in [-0.15, -0.1) is 0 Å². The van der Waals surface area contributed by atoms with Crippen LogP contribution in [-0.2, 0) is 7.05 Å². The molecule has 21 heavy (non-hydrogen) atoms. The van der Waals surface area contributed by atoms with Gasteiger partial charge < -0.3 is 5.73 Å². The van der Waals surface area contributed by atoms with Crippen LogP contribution in [0.3, 0.4) is 0 Å². The van der Waals surface area contributed by atoms with Crippen LogP contribution in [0.2, 0.25) is 5.02 Å². The molecule has 0 atom stereocenters. The van der Waals surface area contributed by atoms with Crippen LogP contribution in [0.25, 0.3) is 22.4 Å². The molecule has 1 heterocycles. The van der Waals surface area contributed by atoms with E-state index in [1.54, 1.807) is 4.68 Å². The van der Waals surface area contributed by atoms with Crippen molar-refractivity contribution >= 4 is 17.4 Å². The van der Waals surface area contributed by atoms with Crippen LogP contribution in [0.15, 0.2) is 48.5 Å². The molecule has 0 fully saturated rings. The van der Waals surface area contributed by atoms with Gasteiger partial charge in [0.15, 0.2) is 0 Å². The molecule has 4 heteroatoms. The fraction of sp³-hybridized carbons (Fsp3) is 0.118. The number of aromatic nitrogens is 2. The highest BCUT2D eigenvalue weighted by molar-refractivity contribution is 6.31. The van der Waals surface area contributed by atoms with Gasteiger partial charge in [0.2, 0.25) is 0 Å². The molecule has 0 aliphatic carbocycles. The Kier molecular flexibility index (Phi) is 3.43. The standard InChI is InChI=1S/C17H16ClN3/c1-11-8-13(10-14(18)9-11)16-15(17(19)21(2)20-16)12-6-4-3-5-7-12/h3-10H,19H2,1-2H3. The van der Waals surface area contributed by atoms with Gasteiger partial charge in [-0.1, -0.05) is 41.9 Å². The van der Waals surface area contributed by atoms with Crippen LogP contribution in [0, 0.1) is 6.92 Å². The minimum absolute atomic E-state index is 0.647. The highest BCUT2D eigenvalue weighted by Gasteiger charge is 2.17. The lowest BCUT2D eigenvalue weighted by molar-refractivity contribution is 0.782. The first kappa shape index (κ1) is 13.7. The molecule has 0 amide bonds. The van der Waals surface area contributed by atoms with Gasteiger partial charge in [0.05, 0.1) is 5.56 Å². The predicted octanol–water partition coefficient (Wildman–Crippen LogP) is 4.30. The fourth-order valence-electron chi connectivity index (χ4n) is 2.50. The summed E-state index contributed by atoms with van der Waals surface area (Å²) >= 11 is 6.18. The quantitative estimate of drug-likeness (QED) is 0.766. The highest BCUT2D eigenvalue weighted by Crippen LogP contribution is 2.36. The number of anilines is 1. The Labute approximate surface area is 129 Å². The number of hydrogen-bond acceptors (Lipinski definition) is 2. The van der Waals surface area contributed by atoms with E-state index in [-0.39, 0.29) is 0 Å². The number of rotatable bonds is 2. The van der Waals surface area contributed by atoms with Gasteiger partial charge in [0, 0.05) is 17.6 Å². The van der Waals surface area contributed by atoms with E-state index in [9.17, 15) is 0 Å². The van der Waals surface area contributed by atoms with Gasteiger partial charge >= 0.3 is 0 Å². The second-order valence-corrected chi connectivity index (χ2v) is 5.55. The lowest BCUT2D eigenvalue weighted by atomic mass is 10.00. The predicted molar refractivity (Wildman–Crippen MR) is 88.2 cm³/mol. The number of halogens is 1. The summed E-state index contributed by atoms with van der Waals surface area (Å²) < 4.78 is 1.70. The van der Waals surface area contributed by atoms with E-state index in [2.05, 4.69) is 11.2 Å². The molecule has 0 aliphatic heterocycles. The third-order valence-electron chi connectivity index (χ3n) is 3.47. The van der Waals surface area contributed by atoms with Crippen LogP contribution in [0.4, 0.5) is 5.82 Å². The zero-order valence-electron chi connectivity index (χ0n) is 12.0. The fourth-order valence-corrected chi connectivity index (χ4v) is 2.79. The number of nitrogens with two attached hydrogens (primary N) is 1. The maximum Gasteiger partial charge on any atom is 0.129 e. The van der Waals surface area contributed by atoms with Crippen LogP contribution >= 0.6 is 11.6 Å². The molecule has 0 unspecified atom stereocenters. The topological polar surface area (TPSA) is 43.8 Å². The Balaban J connectivity index is 2.26. The minimum Gasteiger partial charge on any atom is -0.383 e. The summed E-state index contributed by atoms with van der Waals surface area (Å²) in [7, 11) is 1.85. The molecule has 1 aromatic heterocycles. The summed E-state index contributed by atoms with van der Waals surface area (Å²) in [5.41, 5.74) is 11.1. The van der Waals surface area contributed by atoms with Crippen LogP contribution in [0.1, 0.15) is 5.56 Å². The third-order valence-corrected chi connectivity index (χ3v) is 3.69. The van der Waals surface area contributed by atoms with E-state index >= 15 is 0 Å². The van der Waals surface area contributed by atoms with Crippen molar-refractivity contribution in [3.8, 4) is 22.4 Å². The smallest absolute Gasteiger partial charge is 0.129 e. The number of hydrogen-bond donors (Lipinski definition) is 1. The molecule has 106 valence electrons. The second-order valence-electron chi connectivity index (χ2n) is 5.12. The first-order valence-electron chi connectivity index (χ1n) is 6.71. The Morgan fingerprint density at radius 3 is 2.43 bits per heavy atom. The summed E-state index contributed by atoms with van der Waals surface area (Å²) in [6, 6.07) is 16.0. The van der Waals surface area contributed by atoms with Crippen LogP contribution in [-0.4, -0.2) is 9.78 Å². The number of benzene rings is 2. The van der Waals surface area contributed by atoms with E-state index in [0.717, 1.165) is 27.9 Å². The van der Waals surface area contributed by atoms with E-state index in [1.165, 1.54) is 0 Å². The molecule has 0 radical (unpaired) electrons. The molecular formula is C17H16ClN3. The maximum absolute atomic E-state index is 6.22. The Bertz CT molecular complexity index is 771. The van der Waals surface area contributed by atoms with Crippen molar-refractivity contribution in [2.75, 3.05) is 5.73 Å². The lowest BCUT2D eigenvalue weighted by Gasteiger charge is -2.06. The van der Waals surface area contributed by atoms with Gasteiger partial charge in [0.25, 0.3) is 0 Å². The molecule has 3 nitrogen and oxygen atoms in total. The minimum atomic E-state index is 0.647. The summed E-state index contributed by atoms with van der Waals surface area (Å²) in [6.07, 6.45) is 0. The number of aryl methyl sites for hydroxylation is 2. The SMILES string of the molecule is Cc1cc(Cl)cc(-c2nn(C)c(N)c2-c2ccccc2)c1. The summed E-state index contributed by atoms with van der Waals surface area (Å²) in [5, 5.41) is 5.27. The Morgan fingerprint density at radius 2 is 1.76 bits per heavy atom. The van der Waals surface area contributed by atoms with Crippen LogP contribution in [0.5, 0.6) is 0 Å². The van der Waals surface area contributed by atoms with Crippen molar-refractivity contribution in [1.29, 1.82) is 0 Å². The molecule has 2 aromatic carbocycles. The third kappa shape index (κ3) is 2.52. The second kappa shape index (κ2) is 5.26. The summed E-state index contributed by atoms with van der Waals surface area (Å²) in [5.74, 6) is 0.647. The monoisotopic (exact) mass is 297 g/mol. The van der Waals surface area contributed by atoms with Gasteiger partial charge in [0.1, 0.15) is 11.5 Å². The molecule has 0 saturated heterocycles.